The lowest BCUT2D eigenvalue weighted by atomic mass is 9.99. The normalized spacial score (nSPS) is 11.1. The summed E-state index contributed by atoms with van der Waals surface area (Å²) in [6, 6.07) is 95.5. The van der Waals surface area contributed by atoms with Gasteiger partial charge in [0.15, 0.2) is 0 Å². The molecule has 1 heterocycles. The molecule has 0 aliphatic carbocycles. The van der Waals surface area contributed by atoms with Crippen molar-refractivity contribution in [3.05, 3.63) is 267 Å². The number of rotatable bonds is 11. The van der Waals surface area contributed by atoms with Crippen molar-refractivity contribution in [3.8, 4) is 16.8 Å². The van der Waals surface area contributed by atoms with Crippen molar-refractivity contribution in [1.29, 1.82) is 0 Å². The summed E-state index contributed by atoms with van der Waals surface area (Å²) in [5.74, 6) is 0. The highest BCUT2D eigenvalue weighted by Crippen LogP contribution is 2.47. The lowest BCUT2D eigenvalue weighted by Gasteiger charge is -2.31. The Balaban J connectivity index is 1.17. The molecule has 0 N–H and O–H groups in total. The number of hydrogen-bond donors (Lipinski definition) is 0. The number of hydrogen-bond acceptors (Lipinski definition) is 3. The van der Waals surface area contributed by atoms with E-state index in [-0.39, 0.29) is 0 Å². The fourth-order valence-corrected chi connectivity index (χ4v) is 9.08. The Labute approximate surface area is 374 Å². The molecule has 0 fully saturated rings. The van der Waals surface area contributed by atoms with E-state index in [1.807, 2.05) is 0 Å². The molecule has 304 valence electrons. The summed E-state index contributed by atoms with van der Waals surface area (Å²) in [6.45, 7) is 0. The van der Waals surface area contributed by atoms with Crippen molar-refractivity contribution >= 4 is 73.0 Å². The van der Waals surface area contributed by atoms with Gasteiger partial charge in [0, 0.05) is 67.5 Å². The molecule has 11 rings (SSSR count). The monoisotopic (exact) mass is 820 g/mol. The van der Waals surface area contributed by atoms with Gasteiger partial charge in [-0.25, -0.2) is 0 Å². The van der Waals surface area contributed by atoms with Crippen LogP contribution in [0.3, 0.4) is 0 Å². The van der Waals surface area contributed by atoms with Crippen LogP contribution >= 0.6 is 0 Å². The Kier molecular flexibility index (Phi) is 10.2. The second kappa shape index (κ2) is 17.0. The Morgan fingerprint density at radius 1 is 0.250 bits per heavy atom. The van der Waals surface area contributed by atoms with Crippen LogP contribution in [-0.2, 0) is 0 Å². The van der Waals surface area contributed by atoms with Crippen molar-refractivity contribution in [2.24, 2.45) is 0 Å². The number of nitrogens with zero attached hydrogens (tertiary/aromatic N) is 4. The van der Waals surface area contributed by atoms with E-state index in [4.69, 9.17) is 0 Å². The maximum atomic E-state index is 2.41. The van der Waals surface area contributed by atoms with Gasteiger partial charge in [0.1, 0.15) is 0 Å². The molecule has 0 bridgehead atoms. The highest BCUT2D eigenvalue weighted by atomic mass is 15.2. The van der Waals surface area contributed by atoms with Crippen LogP contribution < -0.4 is 14.7 Å². The van der Waals surface area contributed by atoms with E-state index in [0.717, 1.165) is 73.5 Å². The summed E-state index contributed by atoms with van der Waals surface area (Å²) >= 11 is 0. The average molecular weight is 821 g/mol. The number of para-hydroxylation sites is 8. The minimum absolute atomic E-state index is 1.04. The molecule has 4 nitrogen and oxygen atoms in total. The molecular weight excluding hydrogens is 777 g/mol. The third-order valence-electron chi connectivity index (χ3n) is 11.9. The van der Waals surface area contributed by atoms with Crippen LogP contribution in [0.5, 0.6) is 0 Å². The molecule has 0 amide bonds. The first-order valence-electron chi connectivity index (χ1n) is 21.8. The molecule has 64 heavy (non-hydrogen) atoms. The van der Waals surface area contributed by atoms with E-state index in [9.17, 15) is 0 Å². The molecule has 0 saturated heterocycles. The third kappa shape index (κ3) is 7.23. The van der Waals surface area contributed by atoms with Gasteiger partial charge in [-0.15, -0.1) is 0 Å². The van der Waals surface area contributed by atoms with Gasteiger partial charge in [-0.2, -0.15) is 0 Å². The van der Waals surface area contributed by atoms with Gasteiger partial charge in [-0.1, -0.05) is 152 Å². The van der Waals surface area contributed by atoms with Crippen LogP contribution in [0.25, 0.3) is 38.6 Å². The summed E-state index contributed by atoms with van der Waals surface area (Å²) in [5.41, 5.74) is 15.2. The molecular formula is C60H44N4. The van der Waals surface area contributed by atoms with Gasteiger partial charge in [0.2, 0.25) is 0 Å². The zero-order valence-electron chi connectivity index (χ0n) is 35.2. The molecule has 0 aliphatic rings. The van der Waals surface area contributed by atoms with Crippen LogP contribution in [0.2, 0.25) is 0 Å². The predicted octanol–water partition coefficient (Wildman–Crippen LogP) is 16.9. The molecule has 11 aromatic rings. The van der Waals surface area contributed by atoms with E-state index in [0.29, 0.717) is 0 Å². The van der Waals surface area contributed by atoms with E-state index in [1.165, 1.54) is 16.3 Å². The van der Waals surface area contributed by atoms with E-state index in [2.05, 4.69) is 286 Å². The van der Waals surface area contributed by atoms with Gasteiger partial charge in [0.05, 0.1) is 16.7 Å². The molecule has 10 aromatic carbocycles. The van der Waals surface area contributed by atoms with Crippen molar-refractivity contribution in [1.82, 2.24) is 4.57 Å². The third-order valence-corrected chi connectivity index (χ3v) is 11.9. The van der Waals surface area contributed by atoms with E-state index < -0.39 is 0 Å². The fraction of sp³-hybridized carbons (Fsp3) is 0. The Hall–Kier alpha value is -8.60. The molecule has 0 saturated carbocycles. The molecule has 0 spiro atoms. The standard InChI is InChI=1S/C60H44N4/c1-7-23-46(24-8-1)61(47-25-9-2-10-26-47)53-41-45(42-54(43-53)62(48-27-11-3-12-28-48)49-29-13-4-14-30-49)55-35-19-21-37-58(55)63(50-31-15-5-16-32-50)52-39-40-57-56-36-20-22-38-59(56)64(60(57)44-52)51-33-17-6-18-34-51/h1-44H. The van der Waals surface area contributed by atoms with Gasteiger partial charge in [-0.3, -0.25) is 0 Å². The Bertz CT molecular complexity index is 3140. The Morgan fingerprint density at radius 2 is 0.656 bits per heavy atom. The second-order valence-corrected chi connectivity index (χ2v) is 15.8. The summed E-state index contributed by atoms with van der Waals surface area (Å²) < 4.78 is 2.39. The lowest BCUT2D eigenvalue weighted by molar-refractivity contribution is 1.18. The van der Waals surface area contributed by atoms with Crippen LogP contribution in [0.1, 0.15) is 0 Å². The van der Waals surface area contributed by atoms with Crippen LogP contribution in [0, 0.1) is 0 Å². The van der Waals surface area contributed by atoms with E-state index in [1.54, 1.807) is 0 Å². The maximum absolute atomic E-state index is 2.41. The van der Waals surface area contributed by atoms with Crippen molar-refractivity contribution in [3.63, 3.8) is 0 Å². The number of anilines is 9. The topological polar surface area (TPSA) is 14.7 Å². The number of fused-ring (bicyclic) bond motifs is 3. The van der Waals surface area contributed by atoms with Gasteiger partial charge >= 0.3 is 0 Å². The van der Waals surface area contributed by atoms with Crippen LogP contribution in [0.4, 0.5) is 51.2 Å². The first-order chi connectivity index (χ1) is 31.8. The predicted molar refractivity (Wildman–Crippen MR) is 270 cm³/mol. The van der Waals surface area contributed by atoms with Crippen molar-refractivity contribution < 1.29 is 0 Å². The highest BCUT2D eigenvalue weighted by molar-refractivity contribution is 6.10. The van der Waals surface area contributed by atoms with Crippen LogP contribution in [0.15, 0.2) is 267 Å². The smallest absolute Gasteiger partial charge is 0.0561 e. The zero-order chi connectivity index (χ0) is 42.7. The summed E-state index contributed by atoms with van der Waals surface area (Å²) in [5, 5.41) is 2.44. The minimum atomic E-state index is 1.04. The molecule has 0 atom stereocenters. The molecule has 0 radical (unpaired) electrons. The second-order valence-electron chi connectivity index (χ2n) is 15.8. The van der Waals surface area contributed by atoms with Crippen molar-refractivity contribution in [2.75, 3.05) is 14.7 Å². The van der Waals surface area contributed by atoms with Crippen molar-refractivity contribution in [2.45, 2.75) is 0 Å². The molecule has 0 aliphatic heterocycles. The van der Waals surface area contributed by atoms with Gasteiger partial charge < -0.3 is 19.3 Å². The van der Waals surface area contributed by atoms with Gasteiger partial charge in [-0.05, 0) is 121 Å². The summed E-state index contributed by atoms with van der Waals surface area (Å²) in [7, 11) is 0. The summed E-state index contributed by atoms with van der Waals surface area (Å²) in [4.78, 5) is 7.12. The maximum Gasteiger partial charge on any atom is 0.0561 e. The lowest BCUT2D eigenvalue weighted by Crippen LogP contribution is -2.14. The fourth-order valence-electron chi connectivity index (χ4n) is 9.08. The first-order valence-corrected chi connectivity index (χ1v) is 21.8. The Morgan fingerprint density at radius 3 is 1.17 bits per heavy atom. The van der Waals surface area contributed by atoms with Gasteiger partial charge in [0.25, 0.3) is 0 Å². The van der Waals surface area contributed by atoms with E-state index >= 15 is 0 Å². The number of benzene rings is 10. The minimum Gasteiger partial charge on any atom is -0.310 e. The zero-order valence-corrected chi connectivity index (χ0v) is 35.2. The SMILES string of the molecule is c1ccc(N(c2ccccc2)c2cc(-c3ccccc3N(c3ccccc3)c3ccc4c5ccccc5n(-c5ccccc5)c4c3)cc(N(c3ccccc3)c3ccccc3)c2)cc1. The molecule has 0 unspecified atom stereocenters. The first kappa shape index (κ1) is 38.3. The largest absolute Gasteiger partial charge is 0.310 e. The average Bonchev–Trinajstić information content (AvgIpc) is 3.70. The summed E-state index contributed by atoms with van der Waals surface area (Å²) in [6.07, 6.45) is 0. The quantitative estimate of drug-likeness (QED) is 0.129. The van der Waals surface area contributed by atoms with Crippen LogP contribution in [-0.4, -0.2) is 4.57 Å². The molecule has 1 aromatic heterocycles. The number of aromatic nitrogens is 1. The highest BCUT2D eigenvalue weighted by Gasteiger charge is 2.23. The molecule has 4 heteroatoms.